The van der Waals surface area contributed by atoms with Gasteiger partial charge in [0.15, 0.2) is 22.5 Å². The molecular formula is C23H22ClN8O2S+. The number of rotatable bonds is 5. The summed E-state index contributed by atoms with van der Waals surface area (Å²) in [5.41, 5.74) is 2.09. The average molecular weight is 510 g/mol. The summed E-state index contributed by atoms with van der Waals surface area (Å²) >= 11 is 10.3. The van der Waals surface area contributed by atoms with Gasteiger partial charge in [-0.25, -0.2) is 19.5 Å². The Morgan fingerprint density at radius 3 is 3.00 bits per heavy atom. The van der Waals surface area contributed by atoms with E-state index in [-0.39, 0.29) is 16.9 Å². The highest BCUT2D eigenvalue weighted by Crippen LogP contribution is 2.35. The molecule has 1 N–H and O–H groups in total. The predicted molar refractivity (Wildman–Crippen MR) is 137 cm³/mol. The Hall–Kier alpha value is -3.57. The molecule has 2 atom stereocenters. The first-order valence-corrected chi connectivity index (χ1v) is 12.1. The molecule has 0 saturated carbocycles. The lowest BCUT2D eigenvalue weighted by atomic mass is 10.1. The lowest BCUT2D eigenvalue weighted by Gasteiger charge is -2.28. The molecule has 4 aromatic heterocycles. The van der Waals surface area contributed by atoms with Gasteiger partial charge in [0.25, 0.3) is 5.56 Å². The summed E-state index contributed by atoms with van der Waals surface area (Å²) in [6.45, 7) is 0.803. The highest BCUT2D eigenvalue weighted by atomic mass is 35.5. The van der Waals surface area contributed by atoms with Crippen molar-refractivity contribution in [2.24, 2.45) is 0 Å². The number of halogens is 1. The molecule has 35 heavy (non-hydrogen) atoms. The zero-order valence-corrected chi connectivity index (χ0v) is 20.5. The first-order chi connectivity index (χ1) is 17.1. The van der Waals surface area contributed by atoms with Crippen LogP contribution in [0.4, 0.5) is 5.82 Å². The Bertz CT molecular complexity index is 1610. The minimum absolute atomic E-state index is 0.0275. The fourth-order valence-electron chi connectivity index (χ4n) is 4.79. The highest BCUT2D eigenvalue weighted by Gasteiger charge is 2.39. The number of nitrogens with one attached hydrogen (secondary N) is 1. The van der Waals surface area contributed by atoms with E-state index in [1.807, 2.05) is 24.3 Å². The van der Waals surface area contributed by atoms with Crippen LogP contribution in [0.15, 0.2) is 54.0 Å². The summed E-state index contributed by atoms with van der Waals surface area (Å²) in [5.74, 6) is 1.96. The molecule has 0 bridgehead atoms. The number of benzene rings is 1. The van der Waals surface area contributed by atoms with Gasteiger partial charge < -0.3 is 14.6 Å². The molecule has 1 unspecified atom stereocenters. The fraction of sp³-hybridized carbons (Fsp3) is 0.261. The standard InChI is InChI=1S/C23H21ClN8O2S/c1-34-14-5-2-4-13(10-14)32-22(29-31-9-7-15(24)18(31)23(32)33)19(35)16-6-3-8-30(16)21-17-20(26-11-25-17)27-12-28-21/h2,4-5,7,9-12,16,19,35H,3,6,8H2,1H3,(H,25,26,27,28)/p+1/t16-,19?/m0/s1. The molecule has 1 fully saturated rings. The number of H-pyrrole nitrogens is 1. The van der Waals surface area contributed by atoms with Crippen molar-refractivity contribution in [1.29, 1.82) is 0 Å². The van der Waals surface area contributed by atoms with E-state index in [2.05, 4.69) is 37.5 Å². The average Bonchev–Trinajstić information content (AvgIpc) is 3.63. The lowest BCUT2D eigenvalue weighted by Crippen LogP contribution is -2.38. The molecule has 1 aliphatic heterocycles. The monoisotopic (exact) mass is 509 g/mol. The zero-order chi connectivity index (χ0) is 24.1. The number of hydrogen-bond acceptors (Lipinski definition) is 7. The number of fused-ring (bicyclic) bond motifs is 2. The lowest BCUT2D eigenvalue weighted by molar-refractivity contribution is 0.414. The summed E-state index contributed by atoms with van der Waals surface area (Å²) in [4.78, 5) is 32.2. The van der Waals surface area contributed by atoms with Crippen LogP contribution in [0.3, 0.4) is 0 Å². The number of aromatic amines is 1. The minimum atomic E-state index is -0.310. The van der Waals surface area contributed by atoms with Crippen molar-refractivity contribution in [1.82, 2.24) is 34.1 Å². The number of hydrogen-bond donors (Lipinski definition) is 1. The number of ether oxygens (including phenoxy) is 1. The Balaban J connectivity index is 1.52. The van der Waals surface area contributed by atoms with E-state index in [4.69, 9.17) is 21.4 Å². The number of nitrogens with zero attached hydrogens (tertiary/aromatic N) is 7. The van der Waals surface area contributed by atoms with Crippen molar-refractivity contribution in [3.05, 3.63) is 70.4 Å². The first-order valence-electron chi connectivity index (χ1n) is 11.1. The van der Waals surface area contributed by atoms with Crippen molar-refractivity contribution in [2.45, 2.75) is 24.1 Å². The summed E-state index contributed by atoms with van der Waals surface area (Å²) in [6.07, 6.45) is 6.68. The third-order valence-electron chi connectivity index (χ3n) is 6.41. The number of methoxy groups -OCH3 is 1. The van der Waals surface area contributed by atoms with Gasteiger partial charge in [0.2, 0.25) is 0 Å². The summed E-state index contributed by atoms with van der Waals surface area (Å²) in [6, 6.07) is 8.98. The van der Waals surface area contributed by atoms with Crippen LogP contribution in [0.1, 0.15) is 23.9 Å². The van der Waals surface area contributed by atoms with Crippen molar-refractivity contribution in [3.63, 3.8) is 0 Å². The molecule has 5 aromatic rings. The van der Waals surface area contributed by atoms with Gasteiger partial charge in [-0.2, -0.15) is 0 Å². The van der Waals surface area contributed by atoms with Gasteiger partial charge in [0.05, 0.1) is 30.2 Å². The molecule has 0 radical (unpaired) electrons. The molecular weight excluding hydrogens is 488 g/mol. The zero-order valence-electron chi connectivity index (χ0n) is 18.7. The maximum atomic E-state index is 13.8. The third-order valence-corrected chi connectivity index (χ3v) is 7.36. The van der Waals surface area contributed by atoms with Crippen LogP contribution in [0, 0.1) is 0 Å². The minimum Gasteiger partial charge on any atom is -0.497 e. The van der Waals surface area contributed by atoms with Gasteiger partial charge in [0.1, 0.15) is 23.1 Å². The van der Waals surface area contributed by atoms with E-state index in [9.17, 15) is 4.79 Å². The summed E-state index contributed by atoms with van der Waals surface area (Å²) in [5, 5.41) is 4.88. The highest BCUT2D eigenvalue weighted by molar-refractivity contribution is 7.59. The fourth-order valence-corrected chi connectivity index (χ4v) is 5.55. The van der Waals surface area contributed by atoms with Crippen LogP contribution in [-0.4, -0.2) is 53.8 Å². The maximum absolute atomic E-state index is 13.8. The van der Waals surface area contributed by atoms with Gasteiger partial charge in [-0.05, 0) is 43.7 Å². The van der Waals surface area contributed by atoms with E-state index in [1.165, 1.54) is 6.33 Å². The Labute approximate surface area is 210 Å². The van der Waals surface area contributed by atoms with Gasteiger partial charge in [-0.1, -0.05) is 17.7 Å². The SMILES string of the molecule is COc1cccc(-n2c(C([SH2+])[C@@H]3CCCN3c3ncnc4nc[nH]c34)nn3ccc(Cl)c3c2=O)c1. The van der Waals surface area contributed by atoms with E-state index in [0.29, 0.717) is 33.4 Å². The van der Waals surface area contributed by atoms with E-state index in [0.717, 1.165) is 30.7 Å². The molecule has 0 amide bonds. The van der Waals surface area contributed by atoms with Crippen LogP contribution in [0.5, 0.6) is 5.75 Å². The summed E-state index contributed by atoms with van der Waals surface area (Å²) < 4.78 is 8.55. The molecule has 0 spiro atoms. The van der Waals surface area contributed by atoms with Crippen LogP contribution in [0.2, 0.25) is 5.02 Å². The van der Waals surface area contributed by atoms with E-state index >= 15 is 0 Å². The normalized spacial score (nSPS) is 16.9. The Morgan fingerprint density at radius 2 is 2.14 bits per heavy atom. The number of imidazole rings is 1. The van der Waals surface area contributed by atoms with E-state index in [1.54, 1.807) is 34.8 Å². The molecule has 12 heteroatoms. The van der Waals surface area contributed by atoms with Gasteiger partial charge >= 0.3 is 0 Å². The van der Waals surface area contributed by atoms with Gasteiger partial charge in [-0.3, -0.25) is 9.36 Å². The Morgan fingerprint density at radius 1 is 1.26 bits per heavy atom. The molecule has 1 aromatic carbocycles. The molecule has 0 aliphatic carbocycles. The first kappa shape index (κ1) is 21.9. The topological polar surface area (TPSA) is 106 Å². The van der Waals surface area contributed by atoms with Gasteiger partial charge in [0, 0.05) is 18.8 Å². The van der Waals surface area contributed by atoms with Crippen molar-refractivity contribution in [2.75, 3.05) is 18.6 Å². The van der Waals surface area contributed by atoms with Crippen LogP contribution in [-0.2, 0) is 12.6 Å². The predicted octanol–water partition coefficient (Wildman–Crippen LogP) is 2.54. The van der Waals surface area contributed by atoms with Crippen molar-refractivity contribution >= 4 is 46.7 Å². The number of anilines is 1. The van der Waals surface area contributed by atoms with Crippen LogP contribution < -0.4 is 15.2 Å². The second kappa shape index (κ2) is 8.58. The molecule has 1 aliphatic rings. The van der Waals surface area contributed by atoms with Crippen molar-refractivity contribution in [3.8, 4) is 11.4 Å². The van der Waals surface area contributed by atoms with Crippen LogP contribution >= 0.6 is 11.6 Å². The molecule has 10 nitrogen and oxygen atoms in total. The second-order valence-corrected chi connectivity index (χ2v) is 9.37. The third kappa shape index (κ3) is 3.53. The molecule has 6 rings (SSSR count). The quantitative estimate of drug-likeness (QED) is 0.363. The van der Waals surface area contributed by atoms with Crippen molar-refractivity contribution < 1.29 is 4.74 Å². The summed E-state index contributed by atoms with van der Waals surface area (Å²) in [7, 11) is 1.59. The molecule has 5 heterocycles. The number of aromatic nitrogens is 7. The largest absolute Gasteiger partial charge is 0.497 e. The van der Waals surface area contributed by atoms with E-state index < -0.39 is 0 Å². The van der Waals surface area contributed by atoms with Gasteiger partial charge in [-0.15, -0.1) is 5.10 Å². The molecule has 1 saturated heterocycles. The molecule has 178 valence electrons. The smallest absolute Gasteiger partial charge is 0.284 e. The maximum Gasteiger partial charge on any atom is 0.284 e. The Kier molecular flexibility index (Phi) is 5.37. The second-order valence-electron chi connectivity index (χ2n) is 8.34. The van der Waals surface area contributed by atoms with Crippen LogP contribution in [0.25, 0.3) is 22.4 Å².